The van der Waals surface area contributed by atoms with Gasteiger partial charge in [0.1, 0.15) is 5.82 Å². The minimum atomic E-state index is 0.443. The van der Waals surface area contributed by atoms with Crippen molar-refractivity contribution in [2.24, 2.45) is 0 Å². The molecule has 0 unspecified atom stereocenters. The molecular formula is C13H11ClN2S. The zero-order chi connectivity index (χ0) is 11.7. The Hall–Kier alpha value is -1.32. The van der Waals surface area contributed by atoms with E-state index in [-0.39, 0.29) is 0 Å². The first-order valence-corrected chi connectivity index (χ1v) is 6.87. The van der Waals surface area contributed by atoms with Crippen LogP contribution in [0.25, 0.3) is 11.0 Å². The molecule has 0 bridgehead atoms. The number of alkyl halides is 1. The number of imidazole rings is 1. The number of para-hydroxylation sites is 2. The van der Waals surface area contributed by atoms with Crippen LogP contribution in [0.4, 0.5) is 0 Å². The summed E-state index contributed by atoms with van der Waals surface area (Å²) >= 11 is 7.68. The number of benzene rings is 1. The summed E-state index contributed by atoms with van der Waals surface area (Å²) in [5, 5.41) is 4.25. The van der Waals surface area contributed by atoms with E-state index in [9.17, 15) is 0 Å². The van der Waals surface area contributed by atoms with Gasteiger partial charge in [0.25, 0.3) is 0 Å². The average Bonchev–Trinajstić information content (AvgIpc) is 2.98. The Labute approximate surface area is 108 Å². The molecule has 0 radical (unpaired) electrons. The van der Waals surface area contributed by atoms with E-state index in [1.54, 1.807) is 11.3 Å². The Morgan fingerprint density at radius 3 is 2.88 bits per heavy atom. The predicted molar refractivity (Wildman–Crippen MR) is 72.7 cm³/mol. The van der Waals surface area contributed by atoms with E-state index in [0.717, 1.165) is 23.4 Å². The lowest BCUT2D eigenvalue weighted by Crippen LogP contribution is -2.02. The number of halogens is 1. The summed E-state index contributed by atoms with van der Waals surface area (Å²) in [7, 11) is 0. The molecule has 2 heterocycles. The van der Waals surface area contributed by atoms with Gasteiger partial charge in [-0.3, -0.25) is 0 Å². The summed E-state index contributed by atoms with van der Waals surface area (Å²) in [6.07, 6.45) is 0. The van der Waals surface area contributed by atoms with Gasteiger partial charge in [0.15, 0.2) is 0 Å². The SMILES string of the molecule is ClCc1nc2ccccc2n1Cc1ccsc1. The Kier molecular flexibility index (Phi) is 2.87. The smallest absolute Gasteiger partial charge is 0.125 e. The second-order valence-electron chi connectivity index (χ2n) is 3.87. The molecule has 0 N–H and O–H groups in total. The molecule has 86 valence electrons. The highest BCUT2D eigenvalue weighted by Crippen LogP contribution is 2.19. The average molecular weight is 263 g/mol. The van der Waals surface area contributed by atoms with Crippen LogP contribution >= 0.6 is 22.9 Å². The quantitative estimate of drug-likeness (QED) is 0.655. The second-order valence-corrected chi connectivity index (χ2v) is 4.92. The number of thiophene rings is 1. The molecule has 0 fully saturated rings. The van der Waals surface area contributed by atoms with E-state index in [1.807, 2.05) is 18.2 Å². The molecule has 2 aromatic heterocycles. The fourth-order valence-corrected chi connectivity index (χ4v) is 2.83. The summed E-state index contributed by atoms with van der Waals surface area (Å²) in [6.45, 7) is 0.839. The summed E-state index contributed by atoms with van der Waals surface area (Å²) in [4.78, 5) is 4.55. The normalized spacial score (nSPS) is 11.1. The fourth-order valence-electron chi connectivity index (χ4n) is 1.97. The van der Waals surface area contributed by atoms with Gasteiger partial charge in [0, 0.05) is 0 Å². The van der Waals surface area contributed by atoms with Gasteiger partial charge in [-0.2, -0.15) is 11.3 Å². The molecular weight excluding hydrogens is 252 g/mol. The first-order valence-electron chi connectivity index (χ1n) is 5.39. The van der Waals surface area contributed by atoms with Gasteiger partial charge in [0.05, 0.1) is 23.5 Å². The molecule has 17 heavy (non-hydrogen) atoms. The minimum absolute atomic E-state index is 0.443. The van der Waals surface area contributed by atoms with Crippen molar-refractivity contribution in [3.8, 4) is 0 Å². The highest BCUT2D eigenvalue weighted by Gasteiger charge is 2.09. The predicted octanol–water partition coefficient (Wildman–Crippen LogP) is 3.88. The van der Waals surface area contributed by atoms with Crippen LogP contribution in [0.15, 0.2) is 41.1 Å². The van der Waals surface area contributed by atoms with Crippen molar-refractivity contribution < 1.29 is 0 Å². The van der Waals surface area contributed by atoms with Gasteiger partial charge in [-0.25, -0.2) is 4.98 Å². The van der Waals surface area contributed by atoms with Gasteiger partial charge < -0.3 is 4.57 Å². The number of aromatic nitrogens is 2. The maximum atomic E-state index is 5.96. The van der Waals surface area contributed by atoms with Gasteiger partial charge >= 0.3 is 0 Å². The Balaban J connectivity index is 2.12. The van der Waals surface area contributed by atoms with Crippen LogP contribution in [0.3, 0.4) is 0 Å². The fraction of sp³-hybridized carbons (Fsp3) is 0.154. The van der Waals surface area contributed by atoms with Gasteiger partial charge in [0.2, 0.25) is 0 Å². The molecule has 0 aliphatic rings. The van der Waals surface area contributed by atoms with Crippen LogP contribution in [-0.4, -0.2) is 9.55 Å². The zero-order valence-corrected chi connectivity index (χ0v) is 10.7. The highest BCUT2D eigenvalue weighted by atomic mass is 35.5. The Morgan fingerprint density at radius 2 is 2.12 bits per heavy atom. The maximum absolute atomic E-state index is 5.96. The number of nitrogens with zero attached hydrogens (tertiary/aromatic N) is 2. The van der Waals surface area contributed by atoms with Gasteiger partial charge in [-0.15, -0.1) is 11.6 Å². The molecule has 4 heteroatoms. The maximum Gasteiger partial charge on any atom is 0.125 e. The van der Waals surface area contributed by atoms with E-state index in [0.29, 0.717) is 5.88 Å². The Morgan fingerprint density at radius 1 is 1.24 bits per heavy atom. The molecule has 2 nitrogen and oxygen atoms in total. The van der Waals surface area contributed by atoms with E-state index >= 15 is 0 Å². The van der Waals surface area contributed by atoms with Crippen molar-refractivity contribution >= 4 is 34.0 Å². The lowest BCUT2D eigenvalue weighted by molar-refractivity contribution is 0.781. The van der Waals surface area contributed by atoms with Crippen molar-refractivity contribution in [1.29, 1.82) is 0 Å². The first kappa shape index (κ1) is 10.8. The lowest BCUT2D eigenvalue weighted by atomic mass is 10.3. The van der Waals surface area contributed by atoms with Crippen molar-refractivity contribution in [3.05, 3.63) is 52.5 Å². The third-order valence-electron chi connectivity index (χ3n) is 2.77. The molecule has 0 amide bonds. The Bertz CT molecular complexity index is 628. The number of hydrogen-bond donors (Lipinski definition) is 0. The van der Waals surface area contributed by atoms with Crippen LogP contribution < -0.4 is 0 Å². The first-order chi connectivity index (χ1) is 8.38. The van der Waals surface area contributed by atoms with Crippen molar-refractivity contribution in [1.82, 2.24) is 9.55 Å². The highest BCUT2D eigenvalue weighted by molar-refractivity contribution is 7.07. The van der Waals surface area contributed by atoms with Crippen LogP contribution in [0, 0.1) is 0 Å². The largest absolute Gasteiger partial charge is 0.322 e. The van der Waals surface area contributed by atoms with E-state index in [4.69, 9.17) is 11.6 Å². The van der Waals surface area contributed by atoms with Gasteiger partial charge in [-0.05, 0) is 34.5 Å². The standard InChI is InChI=1S/C13H11ClN2S/c14-7-13-15-11-3-1-2-4-12(11)16(13)8-10-5-6-17-9-10/h1-6,9H,7-8H2. The van der Waals surface area contributed by atoms with E-state index in [2.05, 4.69) is 32.4 Å². The lowest BCUT2D eigenvalue weighted by Gasteiger charge is -2.05. The molecule has 0 aliphatic heterocycles. The van der Waals surface area contributed by atoms with Crippen molar-refractivity contribution in [3.63, 3.8) is 0 Å². The summed E-state index contributed by atoms with van der Waals surface area (Å²) in [5.74, 6) is 1.37. The van der Waals surface area contributed by atoms with Crippen LogP contribution in [-0.2, 0) is 12.4 Å². The molecule has 3 rings (SSSR count). The summed E-state index contributed by atoms with van der Waals surface area (Å²) in [6, 6.07) is 10.3. The molecule has 0 aliphatic carbocycles. The zero-order valence-electron chi connectivity index (χ0n) is 9.14. The molecule has 3 aromatic rings. The second kappa shape index (κ2) is 4.51. The summed E-state index contributed by atoms with van der Waals surface area (Å²) in [5.41, 5.74) is 3.46. The van der Waals surface area contributed by atoms with E-state index < -0.39 is 0 Å². The molecule has 0 spiro atoms. The van der Waals surface area contributed by atoms with Gasteiger partial charge in [-0.1, -0.05) is 12.1 Å². The molecule has 0 atom stereocenters. The minimum Gasteiger partial charge on any atom is -0.322 e. The van der Waals surface area contributed by atoms with Crippen molar-refractivity contribution in [2.75, 3.05) is 0 Å². The molecule has 1 aromatic carbocycles. The third-order valence-corrected chi connectivity index (χ3v) is 3.75. The number of hydrogen-bond acceptors (Lipinski definition) is 2. The monoisotopic (exact) mass is 262 g/mol. The van der Waals surface area contributed by atoms with Crippen molar-refractivity contribution in [2.45, 2.75) is 12.4 Å². The molecule has 0 saturated carbocycles. The van der Waals surface area contributed by atoms with E-state index in [1.165, 1.54) is 5.56 Å². The van der Waals surface area contributed by atoms with Crippen LogP contribution in [0.1, 0.15) is 11.4 Å². The topological polar surface area (TPSA) is 17.8 Å². The summed E-state index contributed by atoms with van der Waals surface area (Å²) < 4.78 is 2.18. The third kappa shape index (κ3) is 1.96. The number of fused-ring (bicyclic) bond motifs is 1. The van der Waals surface area contributed by atoms with Crippen LogP contribution in [0.2, 0.25) is 0 Å². The van der Waals surface area contributed by atoms with Crippen LogP contribution in [0.5, 0.6) is 0 Å². The molecule has 0 saturated heterocycles. The number of rotatable bonds is 3.